The van der Waals surface area contributed by atoms with Crippen LogP contribution in [0.4, 0.5) is 5.13 Å². The lowest BCUT2D eigenvalue weighted by Crippen LogP contribution is -2.48. The van der Waals surface area contributed by atoms with E-state index in [1.807, 2.05) is 17.0 Å². The second-order valence-corrected chi connectivity index (χ2v) is 7.84. The highest BCUT2D eigenvalue weighted by Crippen LogP contribution is 2.41. The number of amides is 1. The van der Waals surface area contributed by atoms with Crippen LogP contribution in [0.1, 0.15) is 12.8 Å². The Labute approximate surface area is 162 Å². The first-order chi connectivity index (χ1) is 13.2. The molecule has 2 saturated heterocycles. The van der Waals surface area contributed by atoms with E-state index in [1.54, 1.807) is 25.6 Å². The first kappa shape index (κ1) is 18.3. The molecule has 1 amide bonds. The summed E-state index contributed by atoms with van der Waals surface area (Å²) in [5.74, 6) is 1.81. The fourth-order valence-electron chi connectivity index (χ4n) is 3.80. The van der Waals surface area contributed by atoms with Gasteiger partial charge in [-0.25, -0.2) is 4.98 Å². The van der Waals surface area contributed by atoms with Gasteiger partial charge >= 0.3 is 0 Å². The summed E-state index contributed by atoms with van der Waals surface area (Å²) in [6.07, 6.45) is 1.93. The number of anilines is 1. The van der Waals surface area contributed by atoms with Gasteiger partial charge in [0.2, 0.25) is 5.91 Å². The van der Waals surface area contributed by atoms with Gasteiger partial charge in [-0.2, -0.15) is 0 Å². The van der Waals surface area contributed by atoms with Crippen molar-refractivity contribution in [3.8, 4) is 11.5 Å². The van der Waals surface area contributed by atoms with Gasteiger partial charge in [-0.05, 0) is 25.0 Å². The summed E-state index contributed by atoms with van der Waals surface area (Å²) in [7, 11) is 3.32. The Kier molecular flexibility index (Phi) is 5.36. The van der Waals surface area contributed by atoms with Crippen molar-refractivity contribution in [1.82, 2.24) is 9.88 Å². The van der Waals surface area contributed by atoms with Crippen LogP contribution in [-0.4, -0.2) is 69.4 Å². The third kappa shape index (κ3) is 3.55. The van der Waals surface area contributed by atoms with Crippen molar-refractivity contribution >= 4 is 32.6 Å². The van der Waals surface area contributed by atoms with Gasteiger partial charge in [0.05, 0.1) is 33.4 Å². The van der Waals surface area contributed by atoms with Crippen LogP contribution in [0.5, 0.6) is 11.5 Å². The molecule has 1 unspecified atom stereocenters. The van der Waals surface area contributed by atoms with Crippen molar-refractivity contribution in [2.45, 2.75) is 12.8 Å². The van der Waals surface area contributed by atoms with Gasteiger partial charge in [-0.1, -0.05) is 11.3 Å². The number of aromatic nitrogens is 1. The molecule has 7 nitrogen and oxygen atoms in total. The smallest absolute Gasteiger partial charge is 0.227 e. The maximum absolute atomic E-state index is 12.9. The minimum absolute atomic E-state index is 0.0210. The number of benzene rings is 1. The molecule has 1 atom stereocenters. The number of rotatable bonds is 4. The van der Waals surface area contributed by atoms with Crippen LogP contribution in [0.3, 0.4) is 0 Å². The summed E-state index contributed by atoms with van der Waals surface area (Å²) in [4.78, 5) is 21.9. The van der Waals surface area contributed by atoms with Crippen LogP contribution in [0, 0.1) is 5.92 Å². The van der Waals surface area contributed by atoms with E-state index in [-0.39, 0.29) is 11.8 Å². The van der Waals surface area contributed by atoms with E-state index < -0.39 is 0 Å². The van der Waals surface area contributed by atoms with E-state index in [0.29, 0.717) is 32.8 Å². The number of methoxy groups -OCH3 is 2. The summed E-state index contributed by atoms with van der Waals surface area (Å²) in [5, 5.41) is 0.923. The number of hydrogen-bond donors (Lipinski definition) is 0. The van der Waals surface area contributed by atoms with E-state index in [2.05, 4.69) is 4.90 Å². The van der Waals surface area contributed by atoms with Crippen LogP contribution in [0.2, 0.25) is 0 Å². The maximum Gasteiger partial charge on any atom is 0.227 e. The fourth-order valence-corrected chi connectivity index (χ4v) is 4.91. The number of fused-ring (bicyclic) bond motifs is 1. The molecule has 1 aromatic heterocycles. The number of morpholine rings is 1. The minimum Gasteiger partial charge on any atom is -0.495 e. The van der Waals surface area contributed by atoms with E-state index in [4.69, 9.17) is 19.2 Å². The summed E-state index contributed by atoms with van der Waals surface area (Å²) in [6, 6.07) is 3.79. The number of ether oxygens (including phenoxy) is 3. The SMILES string of the molecule is COc1ccc(OC)c2sc(N3CCCC(C(=O)N4CCOCC4)C3)nc12. The second-order valence-electron chi connectivity index (χ2n) is 6.87. The highest BCUT2D eigenvalue weighted by Gasteiger charge is 2.31. The Hall–Kier alpha value is -2.06. The average Bonchev–Trinajstić information content (AvgIpc) is 3.19. The molecule has 0 spiro atoms. The molecule has 0 radical (unpaired) electrons. The lowest BCUT2D eigenvalue weighted by Gasteiger charge is -2.36. The molecular formula is C19H25N3O4S. The van der Waals surface area contributed by atoms with Crippen molar-refractivity contribution in [3.05, 3.63) is 12.1 Å². The zero-order valence-corrected chi connectivity index (χ0v) is 16.6. The summed E-state index contributed by atoms with van der Waals surface area (Å²) >= 11 is 1.60. The first-order valence-electron chi connectivity index (χ1n) is 9.34. The van der Waals surface area contributed by atoms with Gasteiger partial charge in [0.1, 0.15) is 21.7 Å². The molecule has 0 aliphatic carbocycles. The molecule has 2 aliphatic heterocycles. The Morgan fingerprint density at radius 3 is 2.67 bits per heavy atom. The van der Waals surface area contributed by atoms with Gasteiger partial charge in [0, 0.05) is 26.2 Å². The van der Waals surface area contributed by atoms with Crippen LogP contribution < -0.4 is 14.4 Å². The third-order valence-corrected chi connectivity index (χ3v) is 6.39. The highest BCUT2D eigenvalue weighted by atomic mass is 32.1. The standard InChI is InChI=1S/C19H25N3O4S/c1-24-14-5-6-15(25-2)17-16(14)20-19(27-17)22-7-3-4-13(12-22)18(23)21-8-10-26-11-9-21/h5-6,13H,3-4,7-12H2,1-2H3. The number of nitrogens with zero attached hydrogens (tertiary/aromatic N) is 3. The van der Waals surface area contributed by atoms with Crippen LogP contribution >= 0.6 is 11.3 Å². The number of carbonyl (C=O) groups excluding carboxylic acids is 1. The van der Waals surface area contributed by atoms with E-state index in [1.165, 1.54) is 0 Å². The molecule has 4 rings (SSSR count). The molecule has 0 N–H and O–H groups in total. The van der Waals surface area contributed by atoms with Crippen LogP contribution in [0.15, 0.2) is 12.1 Å². The first-order valence-corrected chi connectivity index (χ1v) is 10.2. The minimum atomic E-state index is 0.0210. The van der Waals surface area contributed by atoms with Gasteiger partial charge in [-0.15, -0.1) is 0 Å². The lowest BCUT2D eigenvalue weighted by atomic mass is 9.96. The van der Waals surface area contributed by atoms with Crippen molar-refractivity contribution in [2.24, 2.45) is 5.92 Å². The molecule has 0 bridgehead atoms. The molecular weight excluding hydrogens is 366 g/mol. The molecule has 8 heteroatoms. The molecule has 2 aromatic rings. The fraction of sp³-hybridized carbons (Fsp3) is 0.579. The number of thiazole rings is 1. The maximum atomic E-state index is 12.9. The third-order valence-electron chi connectivity index (χ3n) is 5.26. The highest BCUT2D eigenvalue weighted by molar-refractivity contribution is 7.22. The summed E-state index contributed by atoms with van der Waals surface area (Å²) in [6.45, 7) is 4.30. The van der Waals surface area contributed by atoms with Gasteiger partial charge in [0.15, 0.2) is 5.13 Å². The molecule has 146 valence electrons. The molecule has 2 aliphatic rings. The molecule has 2 fully saturated rings. The van der Waals surface area contributed by atoms with E-state index in [0.717, 1.165) is 46.2 Å². The normalized spacial score (nSPS) is 20.7. The number of carbonyl (C=O) groups is 1. The Bertz CT molecular complexity index is 778. The monoisotopic (exact) mass is 391 g/mol. The molecule has 1 aromatic carbocycles. The molecule has 27 heavy (non-hydrogen) atoms. The van der Waals surface area contributed by atoms with Gasteiger partial charge < -0.3 is 24.0 Å². The van der Waals surface area contributed by atoms with Gasteiger partial charge in [0.25, 0.3) is 0 Å². The Balaban J connectivity index is 1.56. The Morgan fingerprint density at radius 1 is 1.19 bits per heavy atom. The predicted octanol–water partition coefficient (Wildman–Crippen LogP) is 2.39. The van der Waals surface area contributed by atoms with E-state index in [9.17, 15) is 4.79 Å². The zero-order chi connectivity index (χ0) is 18.8. The molecule has 3 heterocycles. The van der Waals surface area contributed by atoms with Gasteiger partial charge in [-0.3, -0.25) is 4.79 Å². The topological polar surface area (TPSA) is 64.1 Å². The molecule has 0 saturated carbocycles. The quantitative estimate of drug-likeness (QED) is 0.797. The largest absolute Gasteiger partial charge is 0.495 e. The zero-order valence-electron chi connectivity index (χ0n) is 15.8. The van der Waals surface area contributed by atoms with Crippen LogP contribution in [0.25, 0.3) is 10.2 Å². The lowest BCUT2D eigenvalue weighted by molar-refractivity contribution is -0.139. The average molecular weight is 391 g/mol. The summed E-state index contributed by atoms with van der Waals surface area (Å²) < 4.78 is 17.3. The van der Waals surface area contributed by atoms with Crippen molar-refractivity contribution in [3.63, 3.8) is 0 Å². The van der Waals surface area contributed by atoms with E-state index >= 15 is 0 Å². The number of piperidine rings is 1. The van der Waals surface area contributed by atoms with Crippen molar-refractivity contribution < 1.29 is 19.0 Å². The summed E-state index contributed by atoms with van der Waals surface area (Å²) in [5.41, 5.74) is 0.818. The number of hydrogen-bond acceptors (Lipinski definition) is 7. The second kappa shape index (κ2) is 7.90. The van der Waals surface area contributed by atoms with Crippen LogP contribution in [-0.2, 0) is 9.53 Å². The predicted molar refractivity (Wildman–Crippen MR) is 105 cm³/mol. The van der Waals surface area contributed by atoms with Crippen molar-refractivity contribution in [2.75, 3.05) is 58.5 Å². The Morgan fingerprint density at radius 2 is 1.93 bits per heavy atom. The van der Waals surface area contributed by atoms with Crippen molar-refractivity contribution in [1.29, 1.82) is 0 Å².